The van der Waals surface area contributed by atoms with Gasteiger partial charge in [-0.3, -0.25) is 14.9 Å². The van der Waals surface area contributed by atoms with E-state index in [4.69, 9.17) is 11.6 Å². The molecule has 0 unspecified atom stereocenters. The maximum Gasteiger partial charge on any atom is 0.294 e. The summed E-state index contributed by atoms with van der Waals surface area (Å²) in [6.45, 7) is 3.83. The predicted molar refractivity (Wildman–Crippen MR) is 115 cm³/mol. The van der Waals surface area contributed by atoms with Gasteiger partial charge >= 0.3 is 0 Å². The number of piperazine rings is 1. The van der Waals surface area contributed by atoms with Gasteiger partial charge in [0.15, 0.2) is 0 Å². The minimum Gasteiger partial charge on any atom is -0.362 e. The van der Waals surface area contributed by atoms with E-state index in [1.165, 1.54) is 10.9 Å². The number of hydrogen-bond acceptors (Lipinski definition) is 7. The number of carbonyl (C=O) groups excluding carboxylic acids is 1. The van der Waals surface area contributed by atoms with Crippen LogP contribution in [0.3, 0.4) is 0 Å². The van der Waals surface area contributed by atoms with Crippen LogP contribution in [0.25, 0.3) is 11.4 Å². The van der Waals surface area contributed by atoms with Crippen LogP contribution in [0.1, 0.15) is 5.56 Å². The molecule has 2 heterocycles. The number of nitro groups is 1. The zero-order chi connectivity index (χ0) is 22.0. The normalized spacial score (nSPS) is 14.0. The lowest BCUT2D eigenvalue weighted by Crippen LogP contribution is -2.49. The van der Waals surface area contributed by atoms with Gasteiger partial charge < -0.3 is 9.80 Å². The lowest BCUT2D eigenvalue weighted by atomic mass is 10.1. The van der Waals surface area contributed by atoms with E-state index in [2.05, 4.69) is 15.4 Å². The van der Waals surface area contributed by atoms with E-state index in [1.54, 1.807) is 17.0 Å². The molecule has 1 saturated heterocycles. The van der Waals surface area contributed by atoms with E-state index in [0.717, 1.165) is 11.1 Å². The lowest BCUT2D eigenvalue weighted by Gasteiger charge is -2.35. The summed E-state index contributed by atoms with van der Waals surface area (Å²) in [5, 5.41) is 24.0. The van der Waals surface area contributed by atoms with Crippen molar-refractivity contribution in [2.45, 2.75) is 13.5 Å². The van der Waals surface area contributed by atoms with Gasteiger partial charge in [0, 0.05) is 42.8 Å². The van der Waals surface area contributed by atoms with E-state index >= 15 is 0 Å². The molecule has 0 radical (unpaired) electrons. The van der Waals surface area contributed by atoms with Gasteiger partial charge in [-0.25, -0.2) is 0 Å². The van der Waals surface area contributed by atoms with Crippen molar-refractivity contribution in [3.05, 3.63) is 63.2 Å². The third kappa shape index (κ3) is 4.64. The Kier molecular flexibility index (Phi) is 5.81. The average Bonchev–Trinajstić information content (AvgIpc) is 3.22. The van der Waals surface area contributed by atoms with Crippen molar-refractivity contribution in [3.63, 3.8) is 0 Å². The molecule has 1 aliphatic rings. The van der Waals surface area contributed by atoms with Crippen LogP contribution in [-0.4, -0.2) is 62.1 Å². The average molecular weight is 442 g/mol. The maximum absolute atomic E-state index is 12.7. The molecule has 4 rings (SSSR count). The molecule has 0 N–H and O–H groups in total. The van der Waals surface area contributed by atoms with Crippen LogP contribution < -0.4 is 4.90 Å². The Hall–Kier alpha value is -3.53. The van der Waals surface area contributed by atoms with E-state index in [-0.39, 0.29) is 18.1 Å². The molecule has 10 nitrogen and oxygen atoms in total. The second kappa shape index (κ2) is 8.68. The van der Waals surface area contributed by atoms with Crippen LogP contribution in [0.2, 0.25) is 5.02 Å². The topological polar surface area (TPSA) is 110 Å². The number of aryl methyl sites for hydroxylation is 1. The first kappa shape index (κ1) is 20.7. The molecule has 160 valence electrons. The number of amides is 1. The highest BCUT2D eigenvalue weighted by molar-refractivity contribution is 6.30. The number of rotatable bonds is 5. The van der Waals surface area contributed by atoms with E-state index in [9.17, 15) is 14.9 Å². The second-order valence-electron chi connectivity index (χ2n) is 7.27. The molecule has 3 aromatic rings. The van der Waals surface area contributed by atoms with Crippen molar-refractivity contribution in [2.75, 3.05) is 31.1 Å². The fourth-order valence-corrected chi connectivity index (χ4v) is 3.62. The highest BCUT2D eigenvalue weighted by Crippen LogP contribution is 2.31. The molecule has 11 heteroatoms. The fourth-order valence-electron chi connectivity index (χ4n) is 3.46. The van der Waals surface area contributed by atoms with Crippen LogP contribution in [-0.2, 0) is 11.3 Å². The zero-order valence-electron chi connectivity index (χ0n) is 16.8. The summed E-state index contributed by atoms with van der Waals surface area (Å²) in [4.78, 5) is 28.5. The first-order valence-corrected chi connectivity index (χ1v) is 10.1. The molecule has 0 atom stereocenters. The monoisotopic (exact) mass is 441 g/mol. The van der Waals surface area contributed by atoms with Gasteiger partial charge in [0.05, 0.1) is 4.92 Å². The highest BCUT2D eigenvalue weighted by atomic mass is 35.5. The summed E-state index contributed by atoms with van der Waals surface area (Å²) in [7, 11) is 0. The van der Waals surface area contributed by atoms with Crippen LogP contribution >= 0.6 is 11.6 Å². The highest BCUT2D eigenvalue weighted by Gasteiger charge is 2.26. The van der Waals surface area contributed by atoms with Gasteiger partial charge in [0.1, 0.15) is 12.2 Å². The summed E-state index contributed by atoms with van der Waals surface area (Å²) < 4.78 is 0. The van der Waals surface area contributed by atoms with Crippen LogP contribution in [0.4, 0.5) is 11.4 Å². The number of nitrogens with zero attached hydrogens (tertiary/aromatic N) is 7. The van der Waals surface area contributed by atoms with Gasteiger partial charge in [-0.2, -0.15) is 4.80 Å². The van der Waals surface area contributed by atoms with Gasteiger partial charge in [0.2, 0.25) is 11.7 Å². The van der Waals surface area contributed by atoms with Crippen molar-refractivity contribution in [2.24, 2.45) is 0 Å². The quantitative estimate of drug-likeness (QED) is 0.442. The van der Waals surface area contributed by atoms with Gasteiger partial charge in [-0.15, -0.1) is 10.2 Å². The summed E-state index contributed by atoms with van der Waals surface area (Å²) in [6, 6.07) is 12.4. The van der Waals surface area contributed by atoms with E-state index in [1.807, 2.05) is 36.1 Å². The Morgan fingerprint density at radius 2 is 1.84 bits per heavy atom. The second-order valence-corrected chi connectivity index (χ2v) is 7.70. The van der Waals surface area contributed by atoms with Crippen molar-refractivity contribution in [1.29, 1.82) is 0 Å². The lowest BCUT2D eigenvalue weighted by molar-refractivity contribution is -0.384. The van der Waals surface area contributed by atoms with Crippen LogP contribution in [0.15, 0.2) is 42.5 Å². The number of anilines is 1. The molecule has 1 amide bonds. The number of nitro benzene ring substituents is 1. The predicted octanol–water partition coefficient (Wildman–Crippen LogP) is 2.56. The first-order valence-electron chi connectivity index (χ1n) is 9.72. The van der Waals surface area contributed by atoms with Crippen molar-refractivity contribution >= 4 is 28.9 Å². The number of aromatic nitrogens is 4. The summed E-state index contributed by atoms with van der Waals surface area (Å²) in [5.74, 6) is 0.339. The van der Waals surface area contributed by atoms with Crippen LogP contribution in [0, 0.1) is 17.0 Å². The molecule has 31 heavy (non-hydrogen) atoms. The Bertz CT molecular complexity index is 1110. The Morgan fingerprint density at radius 3 is 2.52 bits per heavy atom. The van der Waals surface area contributed by atoms with Crippen molar-refractivity contribution in [1.82, 2.24) is 25.1 Å². The summed E-state index contributed by atoms with van der Waals surface area (Å²) >= 11 is 5.89. The largest absolute Gasteiger partial charge is 0.362 e. The Balaban J connectivity index is 1.37. The Morgan fingerprint density at radius 1 is 1.13 bits per heavy atom. The molecule has 1 aromatic heterocycles. The molecule has 1 aliphatic heterocycles. The van der Waals surface area contributed by atoms with E-state index < -0.39 is 4.92 Å². The smallest absolute Gasteiger partial charge is 0.294 e. The fraction of sp³-hybridized carbons (Fsp3) is 0.300. The number of benzene rings is 2. The molecule has 1 fully saturated rings. The molecule has 0 bridgehead atoms. The standard InChI is InChI=1S/C20H20ClN7O3/c1-14-2-4-15(5-3-14)20-22-24-27(23-20)13-19(29)26-10-8-25(9-11-26)17-7-6-16(21)12-18(17)28(30)31/h2-7,12H,8-11,13H2,1H3. The van der Waals surface area contributed by atoms with Gasteiger partial charge in [-0.05, 0) is 24.3 Å². The molecule has 2 aromatic carbocycles. The van der Waals surface area contributed by atoms with Gasteiger partial charge in [0.25, 0.3) is 5.69 Å². The van der Waals surface area contributed by atoms with E-state index in [0.29, 0.717) is 42.7 Å². The minimum absolute atomic E-state index is 0.0139. The third-order valence-corrected chi connectivity index (χ3v) is 5.38. The minimum atomic E-state index is -0.444. The van der Waals surface area contributed by atoms with Gasteiger partial charge in [-0.1, -0.05) is 41.4 Å². The number of tetrazole rings is 1. The molecular weight excluding hydrogens is 422 g/mol. The number of halogens is 1. The third-order valence-electron chi connectivity index (χ3n) is 5.15. The molecule has 0 aliphatic carbocycles. The molecule has 0 saturated carbocycles. The summed E-state index contributed by atoms with van der Waals surface area (Å²) in [6.07, 6.45) is 0. The van der Waals surface area contributed by atoms with Crippen molar-refractivity contribution in [3.8, 4) is 11.4 Å². The molecular formula is C20H20ClN7O3. The van der Waals surface area contributed by atoms with Crippen molar-refractivity contribution < 1.29 is 9.72 Å². The first-order chi connectivity index (χ1) is 14.9. The Labute approximate surface area is 183 Å². The molecule has 0 spiro atoms. The maximum atomic E-state index is 12.7. The number of carbonyl (C=O) groups is 1. The van der Waals surface area contributed by atoms with Crippen LogP contribution in [0.5, 0.6) is 0 Å². The number of hydrogen-bond donors (Lipinski definition) is 0. The summed E-state index contributed by atoms with van der Waals surface area (Å²) in [5.41, 5.74) is 2.43. The SMILES string of the molecule is Cc1ccc(-c2nnn(CC(=O)N3CCN(c4ccc(Cl)cc4[N+](=O)[O-])CC3)n2)cc1. The zero-order valence-corrected chi connectivity index (χ0v) is 17.6.